The molecule has 1 aromatic carbocycles. The van der Waals surface area contributed by atoms with Crippen LogP contribution in [0.4, 0.5) is 8.78 Å². The largest absolute Gasteiger partial charge is 0.298 e. The fraction of sp³-hybridized carbons (Fsp3) is 0. The molecule has 1 heterocycles. The van der Waals surface area contributed by atoms with Crippen LogP contribution in [0.15, 0.2) is 17.5 Å². The fourth-order valence-corrected chi connectivity index (χ4v) is 2.14. The zero-order valence-electron chi connectivity index (χ0n) is 6.38. The van der Waals surface area contributed by atoms with Crippen LogP contribution in [0.5, 0.6) is 0 Å². The molecule has 13 heavy (non-hydrogen) atoms. The van der Waals surface area contributed by atoms with Crippen LogP contribution < -0.4 is 0 Å². The Bertz CT molecular complexity index is 476. The number of fused-ring (bicyclic) bond motifs is 1. The van der Waals surface area contributed by atoms with Gasteiger partial charge in [-0.3, -0.25) is 4.79 Å². The monoisotopic (exact) mass is 198 g/mol. The van der Waals surface area contributed by atoms with Crippen molar-refractivity contribution in [3.05, 3.63) is 34.7 Å². The van der Waals surface area contributed by atoms with Crippen molar-refractivity contribution in [3.63, 3.8) is 0 Å². The minimum atomic E-state index is -0.682. The third kappa shape index (κ3) is 1.23. The number of thiophene rings is 1. The number of carbonyl (C=O) groups excluding carboxylic acids is 1. The lowest BCUT2D eigenvalue weighted by molar-refractivity contribution is 0.112. The van der Waals surface area contributed by atoms with E-state index in [9.17, 15) is 13.6 Å². The Labute approximate surface area is 76.6 Å². The van der Waals surface area contributed by atoms with Gasteiger partial charge in [-0.25, -0.2) is 8.78 Å². The first-order valence-corrected chi connectivity index (χ1v) is 4.42. The van der Waals surface area contributed by atoms with Gasteiger partial charge in [0.25, 0.3) is 0 Å². The Morgan fingerprint density at radius 1 is 1.31 bits per heavy atom. The maximum Gasteiger partial charge on any atom is 0.151 e. The predicted octanol–water partition coefficient (Wildman–Crippen LogP) is 2.99. The second-order valence-corrected chi connectivity index (χ2v) is 3.48. The Balaban J connectivity index is 2.89. The van der Waals surface area contributed by atoms with Crippen LogP contribution in [0.3, 0.4) is 0 Å². The lowest BCUT2D eigenvalue weighted by Gasteiger charge is -1.93. The van der Waals surface area contributed by atoms with Crippen molar-refractivity contribution in [2.75, 3.05) is 0 Å². The van der Waals surface area contributed by atoms with Gasteiger partial charge in [0.15, 0.2) is 6.29 Å². The zero-order valence-corrected chi connectivity index (χ0v) is 7.20. The van der Waals surface area contributed by atoms with Gasteiger partial charge in [-0.1, -0.05) is 0 Å². The third-order valence-electron chi connectivity index (χ3n) is 1.75. The van der Waals surface area contributed by atoms with Crippen LogP contribution in [0.2, 0.25) is 0 Å². The van der Waals surface area contributed by atoms with Crippen molar-refractivity contribution in [1.29, 1.82) is 0 Å². The van der Waals surface area contributed by atoms with E-state index in [0.29, 0.717) is 11.0 Å². The van der Waals surface area contributed by atoms with Crippen molar-refractivity contribution in [3.8, 4) is 0 Å². The summed E-state index contributed by atoms with van der Waals surface area (Å²) in [4.78, 5) is 10.5. The molecule has 66 valence electrons. The van der Waals surface area contributed by atoms with Crippen LogP contribution in [-0.2, 0) is 0 Å². The van der Waals surface area contributed by atoms with Gasteiger partial charge in [0, 0.05) is 27.1 Å². The smallest absolute Gasteiger partial charge is 0.151 e. The molecule has 1 aromatic heterocycles. The van der Waals surface area contributed by atoms with Crippen LogP contribution in [0, 0.1) is 11.6 Å². The third-order valence-corrected chi connectivity index (χ3v) is 2.70. The molecule has 2 aromatic rings. The van der Waals surface area contributed by atoms with Crippen LogP contribution in [0.1, 0.15) is 10.4 Å². The number of halogens is 2. The summed E-state index contributed by atoms with van der Waals surface area (Å²) >= 11 is 1.16. The molecule has 0 fully saturated rings. The lowest BCUT2D eigenvalue weighted by atomic mass is 10.2. The van der Waals surface area contributed by atoms with Crippen molar-refractivity contribution in [2.24, 2.45) is 0 Å². The van der Waals surface area contributed by atoms with Gasteiger partial charge in [0.05, 0.1) is 0 Å². The molecule has 0 bridgehead atoms. The highest BCUT2D eigenvalue weighted by atomic mass is 32.1. The molecular formula is C9H4F2OS. The Morgan fingerprint density at radius 3 is 2.77 bits per heavy atom. The molecule has 1 nitrogen and oxygen atoms in total. The molecule has 0 N–H and O–H groups in total. The molecule has 2 rings (SSSR count). The van der Waals surface area contributed by atoms with E-state index in [-0.39, 0.29) is 10.9 Å². The normalized spacial score (nSPS) is 10.6. The number of carbonyl (C=O) groups is 1. The van der Waals surface area contributed by atoms with E-state index in [1.54, 1.807) is 0 Å². The molecule has 0 atom stereocenters. The van der Waals surface area contributed by atoms with Crippen LogP contribution in [-0.4, -0.2) is 6.29 Å². The first-order valence-electron chi connectivity index (χ1n) is 3.54. The summed E-state index contributed by atoms with van der Waals surface area (Å²) in [6.07, 6.45) is 0.569. The predicted molar refractivity (Wildman–Crippen MR) is 47.1 cm³/mol. The number of aldehydes is 1. The molecule has 0 saturated carbocycles. The highest BCUT2D eigenvalue weighted by Gasteiger charge is 2.09. The molecule has 0 aliphatic carbocycles. The Morgan fingerprint density at radius 2 is 2.08 bits per heavy atom. The van der Waals surface area contributed by atoms with Gasteiger partial charge >= 0.3 is 0 Å². The van der Waals surface area contributed by atoms with E-state index in [0.717, 1.165) is 17.4 Å². The zero-order chi connectivity index (χ0) is 9.42. The fourth-order valence-electron chi connectivity index (χ4n) is 1.20. The summed E-state index contributed by atoms with van der Waals surface area (Å²) in [6.45, 7) is 0. The van der Waals surface area contributed by atoms with E-state index >= 15 is 0 Å². The van der Waals surface area contributed by atoms with Crippen LogP contribution in [0.25, 0.3) is 10.1 Å². The average Bonchev–Trinajstić information content (AvgIpc) is 2.47. The summed E-state index contributed by atoms with van der Waals surface area (Å²) in [5.74, 6) is -1.30. The molecule has 0 saturated heterocycles. The van der Waals surface area contributed by atoms with Crippen molar-refractivity contribution >= 4 is 27.7 Å². The van der Waals surface area contributed by atoms with Gasteiger partial charge in [-0.05, 0) is 6.07 Å². The topological polar surface area (TPSA) is 17.1 Å². The van der Waals surface area contributed by atoms with Gasteiger partial charge < -0.3 is 0 Å². The van der Waals surface area contributed by atoms with E-state index in [1.807, 2.05) is 0 Å². The minimum absolute atomic E-state index is 0.210. The van der Waals surface area contributed by atoms with Gasteiger partial charge in [0.1, 0.15) is 11.6 Å². The standard InChI is InChI=1S/C9H4F2OS/c10-6-1-7(11)9-5(3-12)4-13-8(9)2-6/h1-4H. The quantitative estimate of drug-likeness (QED) is 0.644. The number of rotatable bonds is 1. The summed E-state index contributed by atoms with van der Waals surface area (Å²) in [6, 6.07) is 2.00. The number of hydrogen-bond acceptors (Lipinski definition) is 2. The van der Waals surface area contributed by atoms with E-state index in [2.05, 4.69) is 0 Å². The summed E-state index contributed by atoms with van der Waals surface area (Å²) in [7, 11) is 0. The second-order valence-electron chi connectivity index (χ2n) is 2.57. The number of benzene rings is 1. The van der Waals surface area contributed by atoms with Crippen molar-refractivity contribution in [2.45, 2.75) is 0 Å². The Hall–Kier alpha value is -1.29. The SMILES string of the molecule is O=Cc1csc2cc(F)cc(F)c12. The maximum absolute atomic E-state index is 13.1. The molecule has 0 aliphatic rings. The highest BCUT2D eigenvalue weighted by Crippen LogP contribution is 2.28. The maximum atomic E-state index is 13.1. The molecule has 4 heteroatoms. The summed E-state index contributed by atoms with van der Waals surface area (Å²) < 4.78 is 26.3. The number of hydrogen-bond donors (Lipinski definition) is 0. The van der Waals surface area contributed by atoms with Gasteiger partial charge in [-0.2, -0.15) is 0 Å². The van der Waals surface area contributed by atoms with E-state index in [1.165, 1.54) is 11.4 Å². The Kier molecular flexibility index (Phi) is 1.84. The van der Waals surface area contributed by atoms with Gasteiger partial charge in [0.2, 0.25) is 0 Å². The second kappa shape index (κ2) is 2.88. The summed E-state index contributed by atoms with van der Waals surface area (Å²) in [5.41, 5.74) is 0.275. The first-order chi connectivity index (χ1) is 6.22. The summed E-state index contributed by atoms with van der Waals surface area (Å²) in [5, 5.41) is 1.72. The molecule has 0 amide bonds. The molecule has 0 spiro atoms. The van der Waals surface area contributed by atoms with Crippen molar-refractivity contribution < 1.29 is 13.6 Å². The van der Waals surface area contributed by atoms with E-state index < -0.39 is 11.6 Å². The van der Waals surface area contributed by atoms with Crippen molar-refractivity contribution in [1.82, 2.24) is 0 Å². The average molecular weight is 198 g/mol. The van der Waals surface area contributed by atoms with Gasteiger partial charge in [-0.15, -0.1) is 11.3 Å². The molecule has 0 unspecified atom stereocenters. The molecular weight excluding hydrogens is 194 g/mol. The van der Waals surface area contributed by atoms with Crippen LogP contribution >= 0.6 is 11.3 Å². The highest BCUT2D eigenvalue weighted by molar-refractivity contribution is 7.17. The van der Waals surface area contributed by atoms with E-state index in [4.69, 9.17) is 0 Å². The molecule has 0 aliphatic heterocycles. The minimum Gasteiger partial charge on any atom is -0.298 e. The lowest BCUT2D eigenvalue weighted by Crippen LogP contribution is -1.83. The molecule has 0 radical (unpaired) electrons. The first kappa shape index (κ1) is 8.31.